The summed E-state index contributed by atoms with van der Waals surface area (Å²) in [5.41, 5.74) is 3.55. The number of hydrogen-bond acceptors (Lipinski definition) is 1. The average molecular weight is 471 g/mol. The van der Waals surface area contributed by atoms with Crippen LogP contribution in [0, 0.1) is 16.9 Å². The summed E-state index contributed by atoms with van der Waals surface area (Å²) in [4.78, 5) is 0. The molecule has 3 rings (SSSR count). The molecule has 0 amide bonds. The molecule has 3 aromatic carbocycles. The van der Waals surface area contributed by atoms with Gasteiger partial charge in [-0.1, -0.05) is 131 Å². The first-order valence-electron chi connectivity index (χ1n) is 11.9. The molecule has 0 unspecified atom stereocenters. The minimum Gasteiger partial charge on any atom is -0.393 e. The Bertz CT molecular complexity index is 972. The van der Waals surface area contributed by atoms with Gasteiger partial charge in [-0.15, -0.1) is 11.5 Å². The molecule has 0 saturated carbocycles. The predicted octanol–water partition coefficient (Wildman–Crippen LogP) is 5.20. The minimum absolute atomic E-state index is 0.0469. The normalized spacial score (nSPS) is 14.2. The van der Waals surface area contributed by atoms with Crippen LogP contribution in [0.15, 0.2) is 91.0 Å². The van der Waals surface area contributed by atoms with Gasteiger partial charge >= 0.3 is 0 Å². The van der Waals surface area contributed by atoms with E-state index in [0.29, 0.717) is 6.42 Å². The van der Waals surface area contributed by atoms with Crippen LogP contribution in [-0.4, -0.2) is 27.4 Å². The van der Waals surface area contributed by atoms with Gasteiger partial charge in [0, 0.05) is 5.54 Å². The molecule has 33 heavy (non-hydrogen) atoms. The van der Waals surface area contributed by atoms with Crippen molar-refractivity contribution in [3.05, 3.63) is 91.0 Å². The first-order valence-corrected chi connectivity index (χ1v) is 17.5. The molecular formula is C30H38OSi2. The van der Waals surface area contributed by atoms with Gasteiger partial charge < -0.3 is 5.11 Å². The highest BCUT2D eigenvalue weighted by molar-refractivity contribution is 7.12. The SMILES string of the molecule is CC(C)(C)[C@@H](O)C[C@@H](C#C[Si](C)(C)C)[Si](c1ccccc1)(c1ccccc1)c1ccccc1. The monoisotopic (exact) mass is 470 g/mol. The van der Waals surface area contributed by atoms with Gasteiger partial charge in [0.15, 0.2) is 8.07 Å². The molecule has 2 atom stereocenters. The van der Waals surface area contributed by atoms with Crippen molar-refractivity contribution >= 4 is 31.7 Å². The summed E-state index contributed by atoms with van der Waals surface area (Å²) in [5, 5.41) is 15.4. The second-order valence-electron chi connectivity index (χ2n) is 11.1. The zero-order valence-corrected chi connectivity index (χ0v) is 23.0. The lowest BCUT2D eigenvalue weighted by Gasteiger charge is -2.41. The van der Waals surface area contributed by atoms with Crippen LogP contribution in [0.25, 0.3) is 0 Å². The van der Waals surface area contributed by atoms with E-state index in [4.69, 9.17) is 0 Å². The van der Waals surface area contributed by atoms with E-state index in [1.807, 2.05) is 0 Å². The van der Waals surface area contributed by atoms with Crippen LogP contribution in [0.2, 0.25) is 25.2 Å². The molecule has 0 aliphatic carbocycles. The standard InChI is InChI=1S/C30H38OSi2/c1-30(2,3)29(31)24-28(22-23-32(4,5)6)33(25-16-10-7-11-17-25,26-18-12-8-13-19-26)27-20-14-9-15-21-27/h7-21,28-29,31H,24H2,1-6H3/t28-,29+/m1/s1. The fraction of sp³-hybridized carbons (Fsp3) is 0.333. The molecule has 172 valence electrons. The molecule has 3 aromatic rings. The van der Waals surface area contributed by atoms with Crippen molar-refractivity contribution in [1.29, 1.82) is 0 Å². The maximum Gasteiger partial charge on any atom is 0.163 e. The quantitative estimate of drug-likeness (QED) is 0.298. The van der Waals surface area contributed by atoms with Gasteiger partial charge in [-0.3, -0.25) is 0 Å². The van der Waals surface area contributed by atoms with E-state index >= 15 is 0 Å². The Kier molecular flexibility index (Phi) is 7.85. The molecule has 0 heterocycles. The summed E-state index contributed by atoms with van der Waals surface area (Å²) >= 11 is 0. The molecule has 0 aromatic heterocycles. The molecule has 0 bridgehead atoms. The lowest BCUT2D eigenvalue weighted by molar-refractivity contribution is 0.0568. The lowest BCUT2D eigenvalue weighted by Crippen LogP contribution is -2.70. The molecule has 0 fully saturated rings. The van der Waals surface area contributed by atoms with Crippen LogP contribution in [0.4, 0.5) is 0 Å². The fourth-order valence-corrected chi connectivity index (χ4v) is 10.4. The van der Waals surface area contributed by atoms with Crippen LogP contribution in [0.1, 0.15) is 27.2 Å². The summed E-state index contributed by atoms with van der Waals surface area (Å²) in [6.07, 6.45) is 0.216. The smallest absolute Gasteiger partial charge is 0.163 e. The van der Waals surface area contributed by atoms with Crippen molar-refractivity contribution in [3.63, 3.8) is 0 Å². The number of aliphatic hydroxyl groups excluding tert-OH is 1. The van der Waals surface area contributed by atoms with E-state index in [9.17, 15) is 5.11 Å². The van der Waals surface area contributed by atoms with Crippen molar-refractivity contribution in [2.24, 2.45) is 5.41 Å². The van der Waals surface area contributed by atoms with E-state index in [0.717, 1.165) is 0 Å². The van der Waals surface area contributed by atoms with Crippen molar-refractivity contribution in [3.8, 4) is 11.5 Å². The third-order valence-electron chi connectivity index (χ3n) is 6.29. The Morgan fingerprint density at radius 1 is 0.697 bits per heavy atom. The molecule has 3 heteroatoms. The second kappa shape index (κ2) is 10.3. The Morgan fingerprint density at radius 2 is 1.06 bits per heavy atom. The van der Waals surface area contributed by atoms with Gasteiger partial charge in [-0.2, -0.15) is 0 Å². The van der Waals surface area contributed by atoms with Crippen molar-refractivity contribution in [2.45, 2.75) is 58.5 Å². The summed E-state index contributed by atoms with van der Waals surface area (Å²) < 4.78 is 0. The Hall–Kier alpha value is -2.39. The highest BCUT2D eigenvalue weighted by Crippen LogP contribution is 2.33. The second-order valence-corrected chi connectivity index (χ2v) is 19.9. The third-order valence-corrected chi connectivity index (χ3v) is 12.3. The molecule has 0 spiro atoms. The molecule has 0 saturated heterocycles. The summed E-state index contributed by atoms with van der Waals surface area (Å²) in [6.45, 7) is 13.3. The molecule has 0 radical (unpaired) electrons. The van der Waals surface area contributed by atoms with E-state index < -0.39 is 22.3 Å². The summed E-state index contributed by atoms with van der Waals surface area (Å²) in [5.74, 6) is 3.81. The summed E-state index contributed by atoms with van der Waals surface area (Å²) in [6, 6.07) is 32.8. The van der Waals surface area contributed by atoms with Gasteiger partial charge in [0.1, 0.15) is 8.07 Å². The molecular weight excluding hydrogens is 433 g/mol. The number of benzene rings is 3. The van der Waals surface area contributed by atoms with Crippen LogP contribution in [0.5, 0.6) is 0 Å². The van der Waals surface area contributed by atoms with Gasteiger partial charge in [-0.25, -0.2) is 0 Å². The maximum absolute atomic E-state index is 11.4. The molecule has 1 N–H and O–H groups in total. The lowest BCUT2D eigenvalue weighted by atomic mass is 9.86. The van der Waals surface area contributed by atoms with Crippen molar-refractivity contribution in [2.75, 3.05) is 0 Å². The number of hydrogen-bond donors (Lipinski definition) is 1. The third kappa shape index (κ3) is 5.95. The zero-order chi connectivity index (χ0) is 24.1. The highest BCUT2D eigenvalue weighted by atomic mass is 28.3. The largest absolute Gasteiger partial charge is 0.393 e. The van der Waals surface area contributed by atoms with Gasteiger partial charge in [-0.05, 0) is 27.4 Å². The minimum atomic E-state index is -2.61. The van der Waals surface area contributed by atoms with Crippen LogP contribution >= 0.6 is 0 Å². The van der Waals surface area contributed by atoms with Crippen LogP contribution < -0.4 is 15.6 Å². The van der Waals surface area contributed by atoms with Crippen molar-refractivity contribution in [1.82, 2.24) is 0 Å². The van der Waals surface area contributed by atoms with Crippen LogP contribution in [0.3, 0.4) is 0 Å². The topological polar surface area (TPSA) is 20.2 Å². The maximum atomic E-state index is 11.4. The first-order chi connectivity index (χ1) is 15.5. The van der Waals surface area contributed by atoms with Crippen LogP contribution in [-0.2, 0) is 0 Å². The highest BCUT2D eigenvalue weighted by Gasteiger charge is 2.47. The number of aliphatic hydroxyl groups is 1. The van der Waals surface area contributed by atoms with Gasteiger partial charge in [0.05, 0.1) is 6.10 Å². The van der Waals surface area contributed by atoms with E-state index in [1.54, 1.807) is 0 Å². The Labute approximate surface area is 202 Å². The fourth-order valence-electron chi connectivity index (χ4n) is 4.43. The number of rotatable bonds is 6. The van der Waals surface area contributed by atoms with E-state index in [1.165, 1.54) is 15.6 Å². The predicted molar refractivity (Wildman–Crippen MR) is 149 cm³/mol. The zero-order valence-electron chi connectivity index (χ0n) is 21.0. The van der Waals surface area contributed by atoms with E-state index in [-0.39, 0.29) is 11.0 Å². The Balaban J connectivity index is 2.40. The molecule has 0 aliphatic rings. The van der Waals surface area contributed by atoms with Gasteiger partial charge in [0.25, 0.3) is 0 Å². The first kappa shape index (κ1) is 25.2. The average Bonchev–Trinajstić information content (AvgIpc) is 2.79. The molecule has 1 nitrogen and oxygen atoms in total. The summed E-state index contributed by atoms with van der Waals surface area (Å²) in [7, 11) is -4.23. The molecule has 0 aliphatic heterocycles. The van der Waals surface area contributed by atoms with E-state index in [2.05, 4.69) is 143 Å². The van der Waals surface area contributed by atoms with Crippen molar-refractivity contribution < 1.29 is 5.11 Å². The Morgan fingerprint density at radius 3 is 1.36 bits per heavy atom. The van der Waals surface area contributed by atoms with Gasteiger partial charge in [0.2, 0.25) is 0 Å².